The van der Waals surface area contributed by atoms with Gasteiger partial charge in [0.25, 0.3) is 5.56 Å². The van der Waals surface area contributed by atoms with Crippen LogP contribution in [0.15, 0.2) is 59.7 Å². The SMILES string of the molecule is COc1cc(-n2cnc3cc(-c4ccc(Cl)cc4)sc3c2=O)ccc1OCC(COC(=O)[C@@H](N)C(C)C)OC(=O)[C@@H](C)C(C)C. The second-order valence-electron chi connectivity index (χ2n) is 11.4. The number of aromatic nitrogens is 2. The van der Waals surface area contributed by atoms with Crippen molar-refractivity contribution in [3.05, 3.63) is 70.2 Å². The van der Waals surface area contributed by atoms with E-state index < -0.39 is 24.1 Å². The molecule has 2 heterocycles. The Kier molecular flexibility index (Phi) is 11.2. The zero-order valence-corrected chi connectivity index (χ0v) is 27.7. The lowest BCUT2D eigenvalue weighted by Gasteiger charge is -2.23. The zero-order valence-electron chi connectivity index (χ0n) is 26.1. The number of methoxy groups -OCH3 is 1. The van der Waals surface area contributed by atoms with Crippen molar-refractivity contribution in [2.24, 2.45) is 23.5 Å². The van der Waals surface area contributed by atoms with E-state index in [4.69, 9.17) is 36.3 Å². The van der Waals surface area contributed by atoms with E-state index >= 15 is 0 Å². The normalized spacial score (nSPS) is 13.5. The van der Waals surface area contributed by atoms with Crippen LogP contribution in [0.25, 0.3) is 26.3 Å². The van der Waals surface area contributed by atoms with Gasteiger partial charge in [-0.25, -0.2) is 4.98 Å². The standard InChI is InChI=1S/C33H38ClN3O7S/c1-18(2)20(5)32(39)44-24(16-43-33(40)29(35)19(3)4)15-42-26-12-11-23(13-27(26)41-6)37-17-36-25-14-28(45-30(25)31(37)38)21-7-9-22(34)10-8-21/h7-14,17-20,24,29H,15-16,35H2,1-6H3/t20-,24?,29-/m0/s1. The van der Waals surface area contributed by atoms with Crippen molar-refractivity contribution in [2.75, 3.05) is 20.3 Å². The van der Waals surface area contributed by atoms with Gasteiger partial charge >= 0.3 is 11.9 Å². The molecule has 3 atom stereocenters. The van der Waals surface area contributed by atoms with E-state index in [-0.39, 0.29) is 36.5 Å². The highest BCUT2D eigenvalue weighted by Crippen LogP contribution is 2.33. The average Bonchev–Trinajstić information content (AvgIpc) is 3.47. The number of hydrogen-bond acceptors (Lipinski definition) is 10. The van der Waals surface area contributed by atoms with Crippen LogP contribution in [0.5, 0.6) is 11.5 Å². The first-order valence-electron chi connectivity index (χ1n) is 14.6. The molecule has 2 aromatic carbocycles. The molecule has 0 amide bonds. The van der Waals surface area contributed by atoms with Gasteiger partial charge in [-0.1, -0.05) is 58.4 Å². The number of thiophene rings is 1. The Bertz CT molecular complexity index is 1700. The molecule has 240 valence electrons. The van der Waals surface area contributed by atoms with Crippen molar-refractivity contribution in [2.45, 2.75) is 46.8 Å². The molecule has 10 nitrogen and oxygen atoms in total. The molecule has 0 aliphatic carbocycles. The second kappa shape index (κ2) is 14.9. The number of nitrogens with zero attached hydrogens (tertiary/aromatic N) is 2. The van der Waals surface area contributed by atoms with Crippen LogP contribution >= 0.6 is 22.9 Å². The maximum Gasteiger partial charge on any atom is 0.323 e. The summed E-state index contributed by atoms with van der Waals surface area (Å²) in [5.41, 5.74) is 7.74. The lowest BCUT2D eigenvalue weighted by Crippen LogP contribution is -2.40. The van der Waals surface area contributed by atoms with Crippen molar-refractivity contribution in [3.63, 3.8) is 0 Å². The number of ether oxygens (including phenoxy) is 4. The third-order valence-corrected chi connectivity index (χ3v) is 8.89. The van der Waals surface area contributed by atoms with Crippen molar-refractivity contribution >= 4 is 45.1 Å². The van der Waals surface area contributed by atoms with E-state index in [0.29, 0.717) is 32.4 Å². The monoisotopic (exact) mass is 655 g/mol. The van der Waals surface area contributed by atoms with Gasteiger partial charge in [0.2, 0.25) is 0 Å². The number of esters is 2. The third kappa shape index (κ3) is 8.22. The first-order valence-corrected chi connectivity index (χ1v) is 15.8. The van der Waals surface area contributed by atoms with Crippen LogP contribution in [0.3, 0.4) is 0 Å². The van der Waals surface area contributed by atoms with Gasteiger partial charge in [-0.05, 0) is 47.7 Å². The molecule has 12 heteroatoms. The van der Waals surface area contributed by atoms with Gasteiger partial charge in [0.05, 0.1) is 24.2 Å². The summed E-state index contributed by atoms with van der Waals surface area (Å²) in [4.78, 5) is 44.0. The van der Waals surface area contributed by atoms with Crippen molar-refractivity contribution in [3.8, 4) is 27.6 Å². The third-order valence-electron chi connectivity index (χ3n) is 7.47. The Labute approximate surface area is 271 Å². The summed E-state index contributed by atoms with van der Waals surface area (Å²) >= 11 is 7.38. The number of carbonyl (C=O) groups excluding carboxylic acids is 2. The van der Waals surface area contributed by atoms with Gasteiger partial charge in [-0.3, -0.25) is 19.0 Å². The predicted octanol–water partition coefficient (Wildman–Crippen LogP) is 5.89. The highest BCUT2D eigenvalue weighted by atomic mass is 35.5. The van der Waals surface area contributed by atoms with Crippen LogP contribution in [0, 0.1) is 17.8 Å². The number of benzene rings is 2. The first-order chi connectivity index (χ1) is 21.4. The summed E-state index contributed by atoms with van der Waals surface area (Å²) in [6, 6.07) is 13.5. The van der Waals surface area contributed by atoms with Crippen molar-refractivity contribution in [1.29, 1.82) is 0 Å². The van der Waals surface area contributed by atoms with E-state index in [0.717, 1.165) is 10.4 Å². The van der Waals surface area contributed by atoms with Crippen LogP contribution in [0.2, 0.25) is 5.02 Å². The highest BCUT2D eigenvalue weighted by Gasteiger charge is 2.26. The molecule has 0 bridgehead atoms. The average molecular weight is 656 g/mol. The van der Waals surface area contributed by atoms with Crippen LogP contribution < -0.4 is 20.8 Å². The molecule has 0 radical (unpaired) electrons. The largest absolute Gasteiger partial charge is 0.493 e. The van der Waals surface area contributed by atoms with Gasteiger partial charge in [0, 0.05) is 16.0 Å². The second-order valence-corrected chi connectivity index (χ2v) is 12.9. The lowest BCUT2D eigenvalue weighted by atomic mass is 9.98. The summed E-state index contributed by atoms with van der Waals surface area (Å²) in [5.74, 6) is -0.775. The van der Waals surface area contributed by atoms with Crippen molar-refractivity contribution in [1.82, 2.24) is 9.55 Å². The van der Waals surface area contributed by atoms with E-state index in [9.17, 15) is 14.4 Å². The fraction of sp³-hybridized carbons (Fsp3) is 0.394. The Morgan fingerprint density at radius 2 is 1.67 bits per heavy atom. The molecule has 2 N–H and O–H groups in total. The number of hydrogen-bond donors (Lipinski definition) is 1. The molecule has 0 saturated heterocycles. The Morgan fingerprint density at radius 1 is 0.956 bits per heavy atom. The van der Waals surface area contributed by atoms with Crippen LogP contribution in [-0.4, -0.2) is 54.0 Å². The number of rotatable bonds is 13. The van der Waals surface area contributed by atoms with E-state index in [1.807, 2.05) is 45.9 Å². The molecule has 4 rings (SSSR count). The maximum absolute atomic E-state index is 13.5. The molecule has 0 fully saturated rings. The number of nitrogens with two attached hydrogens (primary N) is 1. The van der Waals surface area contributed by atoms with Crippen LogP contribution in [0.1, 0.15) is 34.6 Å². The van der Waals surface area contributed by atoms with Crippen LogP contribution in [-0.2, 0) is 19.1 Å². The Balaban J connectivity index is 1.54. The van der Waals surface area contributed by atoms with Gasteiger partial charge in [0.1, 0.15) is 30.3 Å². The molecule has 0 aliphatic heterocycles. The predicted molar refractivity (Wildman–Crippen MR) is 175 cm³/mol. The molecule has 0 spiro atoms. The minimum Gasteiger partial charge on any atom is -0.493 e. The molecule has 1 unspecified atom stereocenters. The molecule has 2 aromatic heterocycles. The lowest BCUT2D eigenvalue weighted by molar-refractivity contribution is -0.165. The summed E-state index contributed by atoms with van der Waals surface area (Å²) < 4.78 is 24.5. The first kappa shape index (κ1) is 34.0. The van der Waals surface area contributed by atoms with E-state index in [1.165, 1.54) is 29.3 Å². The maximum atomic E-state index is 13.5. The minimum atomic E-state index is -0.894. The number of carbonyl (C=O) groups is 2. The smallest absolute Gasteiger partial charge is 0.323 e. The summed E-state index contributed by atoms with van der Waals surface area (Å²) in [7, 11) is 1.48. The fourth-order valence-corrected chi connectivity index (χ4v) is 5.34. The summed E-state index contributed by atoms with van der Waals surface area (Å²) in [6.07, 6.45) is 0.578. The van der Waals surface area contributed by atoms with E-state index in [1.54, 1.807) is 37.3 Å². The van der Waals surface area contributed by atoms with Gasteiger partial charge in [0.15, 0.2) is 17.6 Å². The number of halogens is 1. The Hall–Kier alpha value is -3.93. The molecule has 45 heavy (non-hydrogen) atoms. The van der Waals surface area contributed by atoms with Crippen molar-refractivity contribution < 1.29 is 28.5 Å². The number of fused-ring (bicyclic) bond motifs is 1. The molecule has 4 aromatic rings. The van der Waals surface area contributed by atoms with E-state index in [2.05, 4.69) is 4.98 Å². The van der Waals surface area contributed by atoms with Crippen LogP contribution in [0.4, 0.5) is 0 Å². The van der Waals surface area contributed by atoms with Gasteiger partial charge in [-0.2, -0.15) is 0 Å². The summed E-state index contributed by atoms with van der Waals surface area (Å²) in [5, 5.41) is 0.633. The molecular weight excluding hydrogens is 618 g/mol. The Morgan fingerprint density at radius 3 is 2.31 bits per heavy atom. The highest BCUT2D eigenvalue weighted by molar-refractivity contribution is 7.22. The zero-order chi connectivity index (χ0) is 32.8. The molecular formula is C33H38ClN3O7S. The summed E-state index contributed by atoms with van der Waals surface area (Å²) in [6.45, 7) is 8.89. The molecule has 0 saturated carbocycles. The fourth-order valence-electron chi connectivity index (χ4n) is 4.16. The minimum absolute atomic E-state index is 0.0546. The van der Waals surface area contributed by atoms with Gasteiger partial charge < -0.3 is 24.7 Å². The molecule has 0 aliphatic rings. The topological polar surface area (TPSA) is 132 Å². The quantitative estimate of drug-likeness (QED) is 0.175. The van der Waals surface area contributed by atoms with Gasteiger partial charge in [-0.15, -0.1) is 11.3 Å².